The summed E-state index contributed by atoms with van der Waals surface area (Å²) in [5.74, 6) is 0.480. The largest absolute Gasteiger partial charge is 0.425 e. The highest BCUT2D eigenvalue weighted by atomic mass is 79.9. The van der Waals surface area contributed by atoms with Crippen LogP contribution in [-0.4, -0.2) is 5.97 Å². The second-order valence-electron chi connectivity index (χ2n) is 3.28. The van der Waals surface area contributed by atoms with Gasteiger partial charge in [0.05, 0.1) is 0 Å². The average Bonchev–Trinajstić information content (AvgIpc) is 2.27. The second-order valence-corrected chi connectivity index (χ2v) is 4.19. The molecule has 0 aliphatic carbocycles. The lowest BCUT2D eigenvalue weighted by Gasteiger charge is -2.04. The Kier molecular flexibility index (Phi) is 1.91. The van der Waals surface area contributed by atoms with Crippen molar-refractivity contribution in [3.63, 3.8) is 0 Å². The molecule has 1 aromatic carbocycles. The molecule has 3 heteroatoms. The standard InChI is InChI=1S/C10H9BrO2/c1-5-3-6(2)8-7(4-5)13-10(12)9(8)11/h3-4,9H,1-2H3. The predicted octanol–water partition coefficient (Wildman–Crippen LogP) is 2.66. The average molecular weight is 241 g/mol. The van der Waals surface area contributed by atoms with Gasteiger partial charge in [0.15, 0.2) is 0 Å². The van der Waals surface area contributed by atoms with E-state index in [0.717, 1.165) is 16.7 Å². The fraction of sp³-hybridized carbons (Fsp3) is 0.300. The Bertz CT molecular complexity index is 385. The van der Waals surface area contributed by atoms with Gasteiger partial charge in [-0.25, -0.2) is 0 Å². The summed E-state index contributed by atoms with van der Waals surface area (Å²) in [6.45, 7) is 3.98. The SMILES string of the molecule is Cc1cc(C)c2c(c1)OC(=O)C2Br. The van der Waals surface area contributed by atoms with Crippen molar-refractivity contribution < 1.29 is 9.53 Å². The van der Waals surface area contributed by atoms with E-state index in [1.807, 2.05) is 19.9 Å². The molecule has 0 bridgehead atoms. The van der Waals surface area contributed by atoms with Crippen LogP contribution in [0, 0.1) is 13.8 Å². The van der Waals surface area contributed by atoms with Gasteiger partial charge in [0.1, 0.15) is 10.6 Å². The molecule has 1 aliphatic rings. The molecular weight excluding hydrogens is 232 g/mol. The van der Waals surface area contributed by atoms with Gasteiger partial charge in [-0.05, 0) is 31.0 Å². The lowest BCUT2D eigenvalue weighted by molar-refractivity contribution is -0.131. The van der Waals surface area contributed by atoms with E-state index in [4.69, 9.17) is 4.74 Å². The molecule has 0 aromatic heterocycles. The van der Waals surface area contributed by atoms with E-state index in [-0.39, 0.29) is 10.8 Å². The van der Waals surface area contributed by atoms with Crippen LogP contribution < -0.4 is 4.74 Å². The van der Waals surface area contributed by atoms with Crippen LogP contribution >= 0.6 is 15.9 Å². The van der Waals surface area contributed by atoms with E-state index in [9.17, 15) is 4.79 Å². The monoisotopic (exact) mass is 240 g/mol. The first kappa shape index (κ1) is 8.75. The number of fused-ring (bicyclic) bond motifs is 1. The van der Waals surface area contributed by atoms with Crippen LogP contribution in [0.3, 0.4) is 0 Å². The third-order valence-corrected chi connectivity index (χ3v) is 3.00. The van der Waals surface area contributed by atoms with Gasteiger partial charge in [0.25, 0.3) is 0 Å². The maximum Gasteiger partial charge on any atom is 0.329 e. The highest BCUT2D eigenvalue weighted by Gasteiger charge is 2.32. The number of hydrogen-bond acceptors (Lipinski definition) is 2. The lowest BCUT2D eigenvalue weighted by Crippen LogP contribution is -2.03. The van der Waals surface area contributed by atoms with Crippen LogP contribution in [0.4, 0.5) is 0 Å². The van der Waals surface area contributed by atoms with Crippen molar-refractivity contribution in [1.29, 1.82) is 0 Å². The van der Waals surface area contributed by atoms with E-state index >= 15 is 0 Å². The molecule has 0 radical (unpaired) electrons. The molecular formula is C10H9BrO2. The Morgan fingerprint density at radius 3 is 2.77 bits per heavy atom. The summed E-state index contributed by atoms with van der Waals surface area (Å²) in [4.78, 5) is 10.9. The zero-order valence-corrected chi connectivity index (χ0v) is 9.01. The summed E-state index contributed by atoms with van der Waals surface area (Å²) in [7, 11) is 0. The molecule has 1 aromatic rings. The lowest BCUT2D eigenvalue weighted by atomic mass is 10.0. The predicted molar refractivity (Wildman–Crippen MR) is 53.2 cm³/mol. The summed E-state index contributed by atoms with van der Waals surface area (Å²) in [5, 5.41) is 0. The fourth-order valence-electron chi connectivity index (χ4n) is 1.63. The summed E-state index contributed by atoms with van der Waals surface area (Å²) in [6, 6.07) is 3.94. The minimum atomic E-state index is -0.289. The smallest absolute Gasteiger partial charge is 0.329 e. The normalized spacial score (nSPS) is 19.9. The second kappa shape index (κ2) is 2.84. The van der Waals surface area contributed by atoms with Gasteiger partial charge in [0.2, 0.25) is 0 Å². The molecule has 1 heterocycles. The van der Waals surface area contributed by atoms with Gasteiger partial charge in [0, 0.05) is 5.56 Å². The number of benzene rings is 1. The van der Waals surface area contributed by atoms with E-state index < -0.39 is 0 Å². The van der Waals surface area contributed by atoms with Crippen LogP contribution in [0.1, 0.15) is 21.5 Å². The first-order valence-electron chi connectivity index (χ1n) is 4.06. The Morgan fingerprint density at radius 2 is 2.08 bits per heavy atom. The minimum absolute atomic E-state index is 0.219. The van der Waals surface area contributed by atoms with Gasteiger partial charge in [-0.3, -0.25) is 4.79 Å². The first-order chi connectivity index (χ1) is 6.09. The van der Waals surface area contributed by atoms with Crippen molar-refractivity contribution in [2.75, 3.05) is 0 Å². The topological polar surface area (TPSA) is 26.3 Å². The maximum atomic E-state index is 11.2. The maximum absolute atomic E-state index is 11.2. The van der Waals surface area contributed by atoms with Crippen LogP contribution in [0.2, 0.25) is 0 Å². The third-order valence-electron chi connectivity index (χ3n) is 2.16. The number of ether oxygens (including phenoxy) is 1. The van der Waals surface area contributed by atoms with Crippen LogP contribution in [0.5, 0.6) is 5.75 Å². The van der Waals surface area contributed by atoms with Crippen molar-refractivity contribution in [1.82, 2.24) is 0 Å². The van der Waals surface area contributed by atoms with E-state index in [0.29, 0.717) is 5.75 Å². The zero-order valence-electron chi connectivity index (χ0n) is 7.43. The third kappa shape index (κ3) is 1.27. The molecule has 1 aliphatic heterocycles. The number of halogens is 1. The number of carbonyl (C=O) groups excluding carboxylic acids is 1. The van der Waals surface area contributed by atoms with Gasteiger partial charge in [-0.15, -0.1) is 0 Å². The van der Waals surface area contributed by atoms with Gasteiger partial charge in [-0.2, -0.15) is 0 Å². The van der Waals surface area contributed by atoms with E-state index in [1.54, 1.807) is 0 Å². The molecule has 1 unspecified atom stereocenters. The number of alkyl halides is 1. The van der Waals surface area contributed by atoms with Gasteiger partial charge < -0.3 is 4.74 Å². The van der Waals surface area contributed by atoms with Crippen molar-refractivity contribution in [2.45, 2.75) is 18.7 Å². The van der Waals surface area contributed by atoms with Crippen molar-refractivity contribution >= 4 is 21.9 Å². The van der Waals surface area contributed by atoms with Gasteiger partial charge in [-0.1, -0.05) is 22.0 Å². The number of rotatable bonds is 0. The quantitative estimate of drug-likeness (QED) is 0.396. The van der Waals surface area contributed by atoms with Crippen LogP contribution in [-0.2, 0) is 4.79 Å². The Balaban J connectivity index is 2.64. The first-order valence-corrected chi connectivity index (χ1v) is 4.98. The van der Waals surface area contributed by atoms with E-state index in [2.05, 4.69) is 22.0 Å². The number of hydrogen-bond donors (Lipinski definition) is 0. The molecule has 2 rings (SSSR count). The summed E-state index contributed by atoms with van der Waals surface area (Å²) < 4.78 is 5.09. The Morgan fingerprint density at radius 1 is 1.38 bits per heavy atom. The van der Waals surface area contributed by atoms with Gasteiger partial charge >= 0.3 is 5.97 Å². The Labute approximate surface area is 85.0 Å². The molecule has 0 amide bonds. The molecule has 0 spiro atoms. The number of carbonyl (C=O) groups is 1. The minimum Gasteiger partial charge on any atom is -0.425 e. The molecule has 2 nitrogen and oxygen atoms in total. The number of aryl methyl sites for hydroxylation is 2. The highest BCUT2D eigenvalue weighted by molar-refractivity contribution is 9.09. The summed E-state index contributed by atoms with van der Waals surface area (Å²) >= 11 is 3.30. The van der Waals surface area contributed by atoms with Crippen molar-refractivity contribution in [3.05, 3.63) is 28.8 Å². The molecule has 13 heavy (non-hydrogen) atoms. The molecule has 0 saturated heterocycles. The molecule has 0 fully saturated rings. The van der Waals surface area contributed by atoms with Crippen LogP contribution in [0.15, 0.2) is 12.1 Å². The molecule has 0 saturated carbocycles. The number of esters is 1. The van der Waals surface area contributed by atoms with Crippen LogP contribution in [0.25, 0.3) is 0 Å². The Hall–Kier alpha value is -0.830. The van der Waals surface area contributed by atoms with Crippen molar-refractivity contribution in [2.24, 2.45) is 0 Å². The fourth-order valence-corrected chi connectivity index (χ4v) is 2.31. The van der Waals surface area contributed by atoms with E-state index in [1.165, 1.54) is 0 Å². The summed E-state index contributed by atoms with van der Waals surface area (Å²) in [6.07, 6.45) is 0. The van der Waals surface area contributed by atoms with Crippen molar-refractivity contribution in [3.8, 4) is 5.75 Å². The molecule has 0 N–H and O–H groups in total. The molecule has 68 valence electrons. The highest BCUT2D eigenvalue weighted by Crippen LogP contribution is 2.41. The zero-order chi connectivity index (χ0) is 9.59. The molecule has 1 atom stereocenters. The summed E-state index contributed by atoms with van der Waals surface area (Å²) in [5.41, 5.74) is 3.18.